The van der Waals surface area contributed by atoms with Gasteiger partial charge in [-0.15, -0.1) is 0 Å². The number of aliphatic hydroxyl groups excluding tert-OH is 2. The van der Waals surface area contributed by atoms with Crippen molar-refractivity contribution in [2.24, 2.45) is 17.3 Å². The summed E-state index contributed by atoms with van der Waals surface area (Å²) in [5.41, 5.74) is -1.02. The first kappa shape index (κ1) is 16.2. The normalized spacial score (nSPS) is 36.1. The molecule has 0 bridgehead atoms. The molecule has 2 fully saturated rings. The van der Waals surface area contributed by atoms with Crippen molar-refractivity contribution < 1.29 is 20.1 Å². The molecule has 0 radical (unpaired) electrons. The number of hydrogen-bond acceptors (Lipinski definition) is 4. The first-order valence-electron chi connectivity index (χ1n) is 7.94. The maximum atomic E-state index is 10.1. The molecule has 118 valence electrons. The van der Waals surface area contributed by atoms with Crippen LogP contribution in [0.25, 0.3) is 0 Å². The zero-order valence-corrected chi connectivity index (χ0v) is 13.0. The van der Waals surface area contributed by atoms with Crippen molar-refractivity contribution in [1.29, 1.82) is 0 Å². The van der Waals surface area contributed by atoms with Crippen LogP contribution in [-0.4, -0.2) is 33.5 Å². The van der Waals surface area contributed by atoms with E-state index in [4.69, 9.17) is 4.74 Å². The Bertz CT molecular complexity index is 307. The second kappa shape index (κ2) is 5.91. The molecule has 2 aliphatic rings. The van der Waals surface area contributed by atoms with E-state index in [-0.39, 0.29) is 0 Å². The van der Waals surface area contributed by atoms with Crippen LogP contribution in [0, 0.1) is 17.3 Å². The molecule has 0 aliphatic heterocycles. The first-order valence-corrected chi connectivity index (χ1v) is 7.94. The van der Waals surface area contributed by atoms with Crippen LogP contribution in [0.15, 0.2) is 0 Å². The SMILES string of the molecule is CC(C)(C)OC(O)CC1(C(O)O)CC2CCCCC2C1. The first-order chi connectivity index (χ1) is 9.22. The van der Waals surface area contributed by atoms with Crippen molar-refractivity contribution in [2.45, 2.75) is 83.9 Å². The summed E-state index contributed by atoms with van der Waals surface area (Å²) < 4.78 is 5.56. The highest BCUT2D eigenvalue weighted by molar-refractivity contribution is 4.97. The van der Waals surface area contributed by atoms with E-state index in [2.05, 4.69) is 0 Å². The van der Waals surface area contributed by atoms with Gasteiger partial charge in [-0.3, -0.25) is 0 Å². The zero-order valence-electron chi connectivity index (χ0n) is 13.0. The molecular weight excluding hydrogens is 256 g/mol. The van der Waals surface area contributed by atoms with E-state index in [1.807, 2.05) is 20.8 Å². The molecule has 0 aromatic rings. The second-order valence-corrected chi connectivity index (χ2v) is 7.84. The van der Waals surface area contributed by atoms with Crippen molar-refractivity contribution in [2.75, 3.05) is 0 Å². The van der Waals surface area contributed by atoms with Crippen LogP contribution >= 0.6 is 0 Å². The molecule has 0 saturated heterocycles. The molecule has 0 amide bonds. The van der Waals surface area contributed by atoms with Crippen molar-refractivity contribution in [3.63, 3.8) is 0 Å². The lowest BCUT2D eigenvalue weighted by Gasteiger charge is -2.35. The third kappa shape index (κ3) is 3.73. The van der Waals surface area contributed by atoms with Gasteiger partial charge in [0, 0.05) is 11.8 Å². The average molecular weight is 286 g/mol. The zero-order chi connectivity index (χ0) is 15.0. The van der Waals surface area contributed by atoms with Crippen LogP contribution in [0.3, 0.4) is 0 Å². The monoisotopic (exact) mass is 286 g/mol. The lowest BCUT2D eigenvalue weighted by atomic mass is 9.80. The molecule has 0 aromatic heterocycles. The molecule has 20 heavy (non-hydrogen) atoms. The molecule has 3 atom stereocenters. The highest BCUT2D eigenvalue weighted by atomic mass is 16.6. The van der Waals surface area contributed by atoms with Crippen LogP contribution in [0.4, 0.5) is 0 Å². The van der Waals surface area contributed by atoms with Crippen LogP contribution in [-0.2, 0) is 4.74 Å². The van der Waals surface area contributed by atoms with E-state index in [0.29, 0.717) is 18.3 Å². The predicted octanol–water partition coefficient (Wildman–Crippen LogP) is 2.41. The van der Waals surface area contributed by atoms with Gasteiger partial charge in [0.25, 0.3) is 0 Å². The molecule has 4 heteroatoms. The Kier molecular flexibility index (Phi) is 4.80. The van der Waals surface area contributed by atoms with E-state index in [9.17, 15) is 15.3 Å². The van der Waals surface area contributed by atoms with Crippen molar-refractivity contribution >= 4 is 0 Å². The lowest BCUT2D eigenvalue weighted by molar-refractivity contribution is -0.213. The van der Waals surface area contributed by atoms with Crippen molar-refractivity contribution in [1.82, 2.24) is 0 Å². The fourth-order valence-corrected chi connectivity index (χ4v) is 4.23. The summed E-state index contributed by atoms with van der Waals surface area (Å²) in [6.07, 6.45) is 4.50. The summed E-state index contributed by atoms with van der Waals surface area (Å²) in [4.78, 5) is 0. The largest absolute Gasteiger partial charge is 0.368 e. The van der Waals surface area contributed by atoms with Crippen LogP contribution in [0.5, 0.6) is 0 Å². The van der Waals surface area contributed by atoms with Gasteiger partial charge >= 0.3 is 0 Å². The van der Waals surface area contributed by atoms with E-state index < -0.39 is 23.6 Å². The minimum atomic E-state index is -1.37. The molecule has 2 aliphatic carbocycles. The maximum Gasteiger partial charge on any atom is 0.157 e. The molecule has 2 saturated carbocycles. The Morgan fingerprint density at radius 3 is 1.95 bits per heavy atom. The molecule has 0 heterocycles. The Labute approximate surface area is 122 Å². The Morgan fingerprint density at radius 2 is 1.55 bits per heavy atom. The summed E-state index contributed by atoms with van der Waals surface area (Å²) >= 11 is 0. The van der Waals surface area contributed by atoms with Gasteiger partial charge in [-0.25, -0.2) is 0 Å². The fraction of sp³-hybridized carbons (Fsp3) is 1.00. The number of hydrogen-bond donors (Lipinski definition) is 3. The smallest absolute Gasteiger partial charge is 0.157 e. The van der Waals surface area contributed by atoms with Gasteiger partial charge in [0.15, 0.2) is 12.6 Å². The van der Waals surface area contributed by atoms with Gasteiger partial charge in [-0.05, 0) is 45.4 Å². The minimum Gasteiger partial charge on any atom is -0.368 e. The van der Waals surface area contributed by atoms with Crippen molar-refractivity contribution in [3.8, 4) is 0 Å². The third-order valence-electron chi connectivity index (χ3n) is 5.02. The fourth-order valence-electron chi connectivity index (χ4n) is 4.23. The third-order valence-corrected chi connectivity index (χ3v) is 5.02. The van der Waals surface area contributed by atoms with E-state index in [1.54, 1.807) is 0 Å². The Balaban J connectivity index is 2.03. The summed E-state index contributed by atoms with van der Waals surface area (Å²) in [5.74, 6) is 1.18. The molecule has 2 rings (SSSR count). The summed E-state index contributed by atoms with van der Waals surface area (Å²) in [6, 6.07) is 0. The molecule has 0 spiro atoms. The standard InChI is InChI=1S/C16H30O4/c1-15(2,3)20-13(17)10-16(14(18)19)8-11-6-4-5-7-12(11)9-16/h11-14,17-19H,4-10H2,1-3H3. The predicted molar refractivity (Wildman–Crippen MR) is 76.8 cm³/mol. The van der Waals surface area contributed by atoms with Crippen LogP contribution in [0.1, 0.15) is 65.7 Å². The van der Waals surface area contributed by atoms with Gasteiger partial charge in [0.05, 0.1) is 5.60 Å². The van der Waals surface area contributed by atoms with E-state index in [1.165, 1.54) is 25.7 Å². The number of rotatable bonds is 4. The maximum absolute atomic E-state index is 10.1. The minimum absolute atomic E-state index is 0.314. The quantitative estimate of drug-likeness (QED) is 0.694. The molecule has 4 nitrogen and oxygen atoms in total. The van der Waals surface area contributed by atoms with Crippen LogP contribution in [0.2, 0.25) is 0 Å². The van der Waals surface area contributed by atoms with Gasteiger partial charge in [0.2, 0.25) is 0 Å². The Hall–Kier alpha value is -0.160. The molecule has 0 aromatic carbocycles. The highest BCUT2D eigenvalue weighted by Gasteiger charge is 2.50. The van der Waals surface area contributed by atoms with Crippen LogP contribution < -0.4 is 0 Å². The van der Waals surface area contributed by atoms with Gasteiger partial charge < -0.3 is 20.1 Å². The lowest BCUT2D eigenvalue weighted by Crippen LogP contribution is -2.39. The van der Waals surface area contributed by atoms with Crippen molar-refractivity contribution in [3.05, 3.63) is 0 Å². The summed E-state index contributed by atoms with van der Waals surface area (Å²) in [7, 11) is 0. The van der Waals surface area contributed by atoms with E-state index in [0.717, 1.165) is 12.8 Å². The topological polar surface area (TPSA) is 69.9 Å². The molecule has 3 N–H and O–H groups in total. The van der Waals surface area contributed by atoms with Gasteiger partial charge in [-0.2, -0.15) is 0 Å². The van der Waals surface area contributed by atoms with E-state index >= 15 is 0 Å². The van der Waals surface area contributed by atoms with Gasteiger partial charge in [-0.1, -0.05) is 25.7 Å². The second-order valence-electron chi connectivity index (χ2n) is 7.84. The Morgan fingerprint density at radius 1 is 1.05 bits per heavy atom. The number of fused-ring (bicyclic) bond motifs is 1. The number of aliphatic hydroxyl groups is 3. The molecule has 3 unspecified atom stereocenters. The summed E-state index contributed by atoms with van der Waals surface area (Å²) in [6.45, 7) is 5.69. The van der Waals surface area contributed by atoms with Gasteiger partial charge in [0.1, 0.15) is 0 Å². The summed E-state index contributed by atoms with van der Waals surface area (Å²) in [5, 5.41) is 29.9. The molecular formula is C16H30O4. The number of ether oxygens (including phenoxy) is 1. The average Bonchev–Trinajstić information content (AvgIpc) is 2.65. The highest BCUT2D eigenvalue weighted by Crippen LogP contribution is 2.55.